The molecule has 10 nitrogen and oxygen atoms in total. The first-order valence-corrected chi connectivity index (χ1v) is 9.97. The summed E-state index contributed by atoms with van der Waals surface area (Å²) in [5.41, 5.74) is -0.548. The van der Waals surface area contributed by atoms with E-state index in [1.54, 1.807) is 0 Å². The van der Waals surface area contributed by atoms with Crippen LogP contribution in [0.15, 0.2) is 35.1 Å². The van der Waals surface area contributed by atoms with Crippen LogP contribution >= 0.6 is 12.4 Å². The molecule has 0 bridgehead atoms. The number of aliphatic hydroxyl groups excluding tert-OH is 2. The molecule has 0 aromatic heterocycles. The van der Waals surface area contributed by atoms with E-state index in [1.807, 2.05) is 0 Å². The summed E-state index contributed by atoms with van der Waals surface area (Å²) >= 11 is 0. The van der Waals surface area contributed by atoms with Crippen molar-refractivity contribution in [3.8, 4) is 5.75 Å². The zero-order valence-corrected chi connectivity index (χ0v) is 18.9. The van der Waals surface area contributed by atoms with Gasteiger partial charge in [-0.25, -0.2) is 0 Å². The lowest BCUT2D eigenvalue weighted by atomic mass is 9.54. The van der Waals surface area contributed by atoms with Crippen LogP contribution < -0.4 is 5.73 Å². The number of ketones is 2. The van der Waals surface area contributed by atoms with Crippen molar-refractivity contribution >= 4 is 35.6 Å². The fourth-order valence-electron chi connectivity index (χ4n) is 5.50. The predicted octanol–water partition coefficient (Wildman–Crippen LogP) is 0.0508. The maximum Gasteiger partial charge on any atom is 0.255 e. The number of hydrogen-bond acceptors (Lipinski definition) is 9. The molecular formula is C22H25ClN2O8. The zero-order valence-electron chi connectivity index (χ0n) is 18.1. The minimum absolute atomic E-state index is 0. The number of halogens is 1. The highest BCUT2D eigenvalue weighted by Crippen LogP contribution is 2.57. The Morgan fingerprint density at radius 2 is 1.76 bits per heavy atom. The van der Waals surface area contributed by atoms with Crippen molar-refractivity contribution in [2.75, 3.05) is 14.1 Å². The SMILES string of the molecule is CN(C)[C@@H]1C(=O)C(C(N)=O)=C(O)[C@]2(O)C(=O)C3=C(O)c4c(O)cccc4[C@](C)(O)C3CC12.Cl. The van der Waals surface area contributed by atoms with Crippen molar-refractivity contribution in [3.05, 3.63) is 46.2 Å². The number of carbonyl (C=O) groups excluding carboxylic acids is 3. The van der Waals surface area contributed by atoms with E-state index in [0.29, 0.717) is 0 Å². The van der Waals surface area contributed by atoms with Gasteiger partial charge in [0.1, 0.15) is 22.8 Å². The summed E-state index contributed by atoms with van der Waals surface area (Å²) in [6, 6.07) is 3.02. The number of rotatable bonds is 2. The third kappa shape index (κ3) is 2.95. The maximum absolute atomic E-state index is 13.7. The van der Waals surface area contributed by atoms with Gasteiger partial charge in [-0.1, -0.05) is 12.1 Å². The van der Waals surface area contributed by atoms with E-state index >= 15 is 0 Å². The first kappa shape index (κ1) is 24.7. The molecule has 4 rings (SSSR count). The number of phenols is 1. The number of amides is 1. The quantitative estimate of drug-likeness (QED) is 0.318. The molecule has 2 unspecified atom stereocenters. The number of fused-ring (bicyclic) bond motifs is 3. The summed E-state index contributed by atoms with van der Waals surface area (Å²) in [5, 5.41) is 54.9. The average Bonchev–Trinajstić information content (AvgIpc) is 2.68. The summed E-state index contributed by atoms with van der Waals surface area (Å²) in [4.78, 5) is 40.0. The number of nitrogens with two attached hydrogens (primary N) is 1. The van der Waals surface area contributed by atoms with E-state index in [4.69, 9.17) is 5.73 Å². The summed E-state index contributed by atoms with van der Waals surface area (Å²) in [6.45, 7) is 1.40. The van der Waals surface area contributed by atoms with Crippen molar-refractivity contribution < 1.29 is 39.9 Å². The van der Waals surface area contributed by atoms with Crippen molar-refractivity contribution in [2.45, 2.75) is 30.6 Å². The molecule has 33 heavy (non-hydrogen) atoms. The van der Waals surface area contributed by atoms with Crippen LogP contribution in [0.4, 0.5) is 0 Å². The van der Waals surface area contributed by atoms with Crippen molar-refractivity contribution in [1.29, 1.82) is 0 Å². The van der Waals surface area contributed by atoms with Gasteiger partial charge in [-0.3, -0.25) is 19.3 Å². The van der Waals surface area contributed by atoms with E-state index < -0.39 is 75.0 Å². The molecule has 1 aromatic rings. The smallest absolute Gasteiger partial charge is 0.255 e. The molecule has 3 aliphatic rings. The van der Waals surface area contributed by atoms with Gasteiger partial charge >= 0.3 is 0 Å². The van der Waals surface area contributed by atoms with Gasteiger partial charge in [-0.2, -0.15) is 0 Å². The van der Waals surface area contributed by atoms with E-state index in [2.05, 4.69) is 0 Å². The third-order valence-corrected chi connectivity index (χ3v) is 7.02. The maximum atomic E-state index is 13.7. The lowest BCUT2D eigenvalue weighted by Crippen LogP contribution is -2.67. The van der Waals surface area contributed by atoms with Gasteiger partial charge in [0, 0.05) is 17.4 Å². The Hall–Kier alpha value is -2.92. The highest BCUT2D eigenvalue weighted by molar-refractivity contribution is 6.24. The van der Waals surface area contributed by atoms with Crippen LogP contribution in [0.3, 0.4) is 0 Å². The van der Waals surface area contributed by atoms with Crippen LogP contribution in [0, 0.1) is 11.8 Å². The second-order valence-electron chi connectivity index (χ2n) is 8.96. The lowest BCUT2D eigenvalue weighted by molar-refractivity contribution is -0.159. The van der Waals surface area contributed by atoms with Crippen molar-refractivity contribution in [3.63, 3.8) is 0 Å². The molecule has 0 heterocycles. The van der Waals surface area contributed by atoms with Crippen LogP contribution in [-0.4, -0.2) is 73.6 Å². The van der Waals surface area contributed by atoms with Crippen LogP contribution in [0.1, 0.15) is 24.5 Å². The van der Waals surface area contributed by atoms with Gasteiger partial charge in [0.15, 0.2) is 11.4 Å². The average molecular weight is 481 g/mol. The molecule has 0 aliphatic heterocycles. The molecule has 7 N–H and O–H groups in total. The second-order valence-corrected chi connectivity index (χ2v) is 8.96. The Kier molecular flexibility index (Phi) is 5.66. The van der Waals surface area contributed by atoms with Gasteiger partial charge < -0.3 is 31.3 Å². The van der Waals surface area contributed by atoms with Gasteiger partial charge in [0.2, 0.25) is 5.78 Å². The van der Waals surface area contributed by atoms with Gasteiger partial charge in [-0.05, 0) is 39.1 Å². The molecular weight excluding hydrogens is 456 g/mol. The fraction of sp³-hybridized carbons (Fsp3) is 0.409. The number of phenolic OH excluding ortho intramolecular Hbond substituents is 1. The molecule has 178 valence electrons. The Morgan fingerprint density at radius 3 is 2.30 bits per heavy atom. The number of nitrogens with zero attached hydrogens (tertiary/aromatic N) is 1. The fourth-order valence-corrected chi connectivity index (χ4v) is 5.50. The van der Waals surface area contributed by atoms with E-state index in [9.17, 15) is 39.9 Å². The summed E-state index contributed by atoms with van der Waals surface area (Å²) in [6.07, 6.45) is -0.200. The normalized spacial score (nSPS) is 33.3. The molecule has 5 atom stereocenters. The first-order chi connectivity index (χ1) is 14.8. The minimum atomic E-state index is -2.75. The molecule has 1 aromatic carbocycles. The van der Waals surface area contributed by atoms with Gasteiger partial charge in [0.25, 0.3) is 5.91 Å². The molecule has 3 aliphatic carbocycles. The van der Waals surface area contributed by atoms with Gasteiger partial charge in [0.05, 0.1) is 17.2 Å². The highest BCUT2D eigenvalue weighted by Gasteiger charge is 2.66. The Balaban J connectivity index is 0.00000306. The molecule has 1 amide bonds. The minimum Gasteiger partial charge on any atom is -0.508 e. The van der Waals surface area contributed by atoms with E-state index in [1.165, 1.54) is 44.1 Å². The number of carbonyl (C=O) groups is 3. The summed E-state index contributed by atoms with van der Waals surface area (Å²) in [7, 11) is 3.01. The van der Waals surface area contributed by atoms with E-state index in [0.717, 1.165) is 0 Å². The number of benzene rings is 1. The van der Waals surface area contributed by atoms with Crippen LogP contribution in [0.2, 0.25) is 0 Å². The number of likely N-dealkylation sites (N-methyl/N-ethyl adjacent to an activating group) is 1. The number of aromatic hydroxyl groups is 1. The van der Waals surface area contributed by atoms with Crippen molar-refractivity contribution in [2.24, 2.45) is 17.6 Å². The topological polar surface area (TPSA) is 182 Å². The molecule has 0 spiro atoms. The molecule has 11 heteroatoms. The van der Waals surface area contributed by atoms with Crippen LogP contribution in [0.25, 0.3) is 5.76 Å². The molecule has 0 radical (unpaired) electrons. The first-order valence-electron chi connectivity index (χ1n) is 9.97. The van der Waals surface area contributed by atoms with Crippen LogP contribution in [0.5, 0.6) is 5.75 Å². The number of primary amides is 1. The summed E-state index contributed by atoms with van der Waals surface area (Å²) < 4.78 is 0. The number of Topliss-reactive ketones (excluding diaryl/α,β-unsaturated/α-hetero) is 2. The second kappa shape index (κ2) is 7.56. The standard InChI is InChI=1S/C22H24N2O8.ClH/c1-21(31)8-5-4-6-11(25)12(8)16(26)13-9(21)7-10-15(24(2)3)17(27)14(20(23)30)19(29)22(10,32)18(13)28;/h4-6,9-10,15,25-26,29,31-32H,7H2,1-3H3,(H2,23,30);1H/t9?,10?,15-,21-,22+;/m0./s1. The molecule has 1 fully saturated rings. The third-order valence-electron chi connectivity index (χ3n) is 7.02. The lowest BCUT2D eigenvalue weighted by Gasteiger charge is -2.53. The van der Waals surface area contributed by atoms with E-state index in [-0.39, 0.29) is 30.0 Å². The van der Waals surface area contributed by atoms with Crippen LogP contribution in [-0.2, 0) is 20.0 Å². The summed E-state index contributed by atoms with van der Waals surface area (Å²) in [5.74, 6) is -7.90. The molecule has 0 saturated heterocycles. The monoisotopic (exact) mass is 480 g/mol. The van der Waals surface area contributed by atoms with Gasteiger partial charge in [-0.15, -0.1) is 12.4 Å². The number of hydrogen-bond donors (Lipinski definition) is 6. The Bertz CT molecular complexity index is 1160. The van der Waals surface area contributed by atoms with Crippen molar-refractivity contribution in [1.82, 2.24) is 4.90 Å². The largest absolute Gasteiger partial charge is 0.508 e. The zero-order chi connectivity index (χ0) is 23.9. The Morgan fingerprint density at radius 1 is 1.15 bits per heavy atom. The predicted molar refractivity (Wildman–Crippen MR) is 117 cm³/mol. The number of aliphatic hydroxyl groups is 4. The molecule has 1 saturated carbocycles. The highest BCUT2D eigenvalue weighted by atomic mass is 35.5. The Labute approximate surface area is 195 Å².